The van der Waals surface area contributed by atoms with Crippen molar-refractivity contribution in [1.82, 2.24) is 5.32 Å². The van der Waals surface area contributed by atoms with Crippen molar-refractivity contribution in [1.29, 1.82) is 0 Å². The van der Waals surface area contributed by atoms with Gasteiger partial charge in [0.15, 0.2) is 0 Å². The van der Waals surface area contributed by atoms with Gasteiger partial charge in [0.05, 0.1) is 0 Å². The summed E-state index contributed by atoms with van der Waals surface area (Å²) in [5.41, 5.74) is 1.26. The Bertz CT molecular complexity index is 319. The lowest BCUT2D eigenvalue weighted by atomic mass is 10.0. The molecule has 1 atom stereocenters. The van der Waals surface area contributed by atoms with Crippen LogP contribution in [-0.4, -0.2) is 11.9 Å². The van der Waals surface area contributed by atoms with Crippen molar-refractivity contribution in [3.63, 3.8) is 0 Å². The maximum atomic E-state index is 11.7. The van der Waals surface area contributed by atoms with Crippen LogP contribution in [0.15, 0.2) is 16.8 Å². The lowest BCUT2D eigenvalue weighted by molar-refractivity contribution is -0.121. The summed E-state index contributed by atoms with van der Waals surface area (Å²) in [7, 11) is 0. The maximum absolute atomic E-state index is 11.7. The molecule has 1 rings (SSSR count). The van der Waals surface area contributed by atoms with Gasteiger partial charge in [-0.25, -0.2) is 0 Å². The van der Waals surface area contributed by atoms with Crippen LogP contribution in [0, 0.1) is 5.92 Å². The minimum atomic E-state index is 0.174. The Balaban J connectivity index is 2.16. The Morgan fingerprint density at radius 3 is 2.71 bits per heavy atom. The zero-order valence-corrected chi connectivity index (χ0v) is 11.8. The fraction of sp³-hybridized carbons (Fsp3) is 0.643. The highest BCUT2D eigenvalue weighted by Gasteiger charge is 2.08. The Labute approximate surface area is 108 Å². The standard InChI is InChI=1S/C14H23NOS/c1-11(2)4-5-12(3)15-14(16)7-6-13-8-9-17-10-13/h8-12H,4-7H2,1-3H3,(H,15,16). The van der Waals surface area contributed by atoms with Crippen LogP contribution < -0.4 is 5.32 Å². The summed E-state index contributed by atoms with van der Waals surface area (Å²) in [6, 6.07) is 2.38. The summed E-state index contributed by atoms with van der Waals surface area (Å²) in [6.07, 6.45) is 3.70. The molecular weight excluding hydrogens is 230 g/mol. The van der Waals surface area contributed by atoms with E-state index < -0.39 is 0 Å². The molecule has 3 heteroatoms. The highest BCUT2D eigenvalue weighted by molar-refractivity contribution is 7.07. The highest BCUT2D eigenvalue weighted by atomic mass is 32.1. The van der Waals surface area contributed by atoms with Crippen LogP contribution in [0.4, 0.5) is 0 Å². The SMILES string of the molecule is CC(C)CCC(C)NC(=O)CCc1ccsc1. The van der Waals surface area contributed by atoms with E-state index in [-0.39, 0.29) is 5.91 Å². The minimum Gasteiger partial charge on any atom is -0.354 e. The van der Waals surface area contributed by atoms with E-state index in [2.05, 4.69) is 42.9 Å². The monoisotopic (exact) mass is 253 g/mol. The molecule has 0 aliphatic rings. The Hall–Kier alpha value is -0.830. The van der Waals surface area contributed by atoms with Crippen LogP contribution in [0.5, 0.6) is 0 Å². The minimum absolute atomic E-state index is 0.174. The molecule has 0 saturated carbocycles. The molecule has 0 spiro atoms. The number of hydrogen-bond acceptors (Lipinski definition) is 2. The average Bonchev–Trinajstić information content (AvgIpc) is 2.76. The van der Waals surface area contributed by atoms with Gasteiger partial charge in [0, 0.05) is 12.5 Å². The second-order valence-corrected chi connectivity index (χ2v) is 5.85. The van der Waals surface area contributed by atoms with Gasteiger partial charge in [0.1, 0.15) is 0 Å². The predicted octanol–water partition coefficient (Wildman–Crippen LogP) is 3.62. The van der Waals surface area contributed by atoms with Crippen LogP contribution in [0.3, 0.4) is 0 Å². The lowest BCUT2D eigenvalue weighted by Gasteiger charge is -2.14. The van der Waals surface area contributed by atoms with Crippen molar-refractivity contribution >= 4 is 17.2 Å². The third-order valence-electron chi connectivity index (χ3n) is 2.81. The molecule has 0 aliphatic carbocycles. The molecule has 1 N–H and O–H groups in total. The van der Waals surface area contributed by atoms with Crippen LogP contribution in [0.2, 0.25) is 0 Å². The highest BCUT2D eigenvalue weighted by Crippen LogP contribution is 2.09. The first-order valence-corrected chi connectivity index (χ1v) is 7.32. The Morgan fingerprint density at radius 2 is 2.12 bits per heavy atom. The normalized spacial score (nSPS) is 12.7. The van der Waals surface area contributed by atoms with Crippen LogP contribution in [0.25, 0.3) is 0 Å². The number of aryl methyl sites for hydroxylation is 1. The molecular formula is C14H23NOS. The number of amides is 1. The summed E-state index contributed by atoms with van der Waals surface area (Å²) in [5, 5.41) is 7.22. The molecule has 0 saturated heterocycles. The van der Waals surface area contributed by atoms with Gasteiger partial charge < -0.3 is 5.32 Å². The first-order chi connectivity index (χ1) is 8.08. The zero-order chi connectivity index (χ0) is 12.7. The van der Waals surface area contributed by atoms with E-state index in [1.807, 2.05) is 0 Å². The molecule has 0 aliphatic heterocycles. The summed E-state index contributed by atoms with van der Waals surface area (Å²) < 4.78 is 0. The van der Waals surface area contributed by atoms with E-state index in [0.717, 1.165) is 12.8 Å². The second kappa shape index (κ2) is 7.49. The molecule has 17 heavy (non-hydrogen) atoms. The van der Waals surface area contributed by atoms with E-state index in [9.17, 15) is 4.79 Å². The molecule has 1 aromatic heterocycles. The molecule has 0 bridgehead atoms. The van der Waals surface area contributed by atoms with Gasteiger partial charge in [0.25, 0.3) is 0 Å². The fourth-order valence-corrected chi connectivity index (χ4v) is 2.40. The summed E-state index contributed by atoms with van der Waals surface area (Å²) >= 11 is 1.68. The summed E-state index contributed by atoms with van der Waals surface area (Å²) in [4.78, 5) is 11.7. The van der Waals surface area contributed by atoms with Crippen molar-refractivity contribution in [3.8, 4) is 0 Å². The van der Waals surface area contributed by atoms with Gasteiger partial charge in [-0.1, -0.05) is 13.8 Å². The molecule has 1 unspecified atom stereocenters. The largest absolute Gasteiger partial charge is 0.354 e. The van der Waals surface area contributed by atoms with Crippen molar-refractivity contribution < 1.29 is 4.79 Å². The molecule has 96 valence electrons. The molecule has 1 heterocycles. The number of rotatable bonds is 7. The van der Waals surface area contributed by atoms with Crippen molar-refractivity contribution in [2.24, 2.45) is 5.92 Å². The van der Waals surface area contributed by atoms with Crippen LogP contribution >= 0.6 is 11.3 Å². The molecule has 0 fully saturated rings. The van der Waals surface area contributed by atoms with Gasteiger partial charge in [-0.3, -0.25) is 4.79 Å². The third-order valence-corrected chi connectivity index (χ3v) is 3.54. The summed E-state index contributed by atoms with van der Waals surface area (Å²) in [5.74, 6) is 0.882. The van der Waals surface area contributed by atoms with Crippen LogP contribution in [-0.2, 0) is 11.2 Å². The lowest BCUT2D eigenvalue weighted by Crippen LogP contribution is -2.32. The molecule has 0 radical (unpaired) electrons. The number of hydrogen-bond donors (Lipinski definition) is 1. The average molecular weight is 253 g/mol. The molecule has 2 nitrogen and oxygen atoms in total. The van der Waals surface area contributed by atoms with Gasteiger partial charge >= 0.3 is 0 Å². The number of nitrogens with one attached hydrogen (secondary N) is 1. The van der Waals surface area contributed by atoms with Gasteiger partial charge in [-0.15, -0.1) is 0 Å². The van der Waals surface area contributed by atoms with Crippen molar-refractivity contribution in [3.05, 3.63) is 22.4 Å². The Kier molecular flexibility index (Phi) is 6.27. The summed E-state index contributed by atoms with van der Waals surface area (Å²) in [6.45, 7) is 6.51. The number of carbonyl (C=O) groups is 1. The van der Waals surface area contributed by atoms with Crippen molar-refractivity contribution in [2.75, 3.05) is 0 Å². The second-order valence-electron chi connectivity index (χ2n) is 5.07. The van der Waals surface area contributed by atoms with Gasteiger partial charge in [0.2, 0.25) is 5.91 Å². The zero-order valence-electron chi connectivity index (χ0n) is 11.0. The predicted molar refractivity (Wildman–Crippen MR) is 74.3 cm³/mol. The Morgan fingerprint density at radius 1 is 1.35 bits per heavy atom. The number of thiophene rings is 1. The van der Waals surface area contributed by atoms with E-state index in [1.165, 1.54) is 12.0 Å². The van der Waals surface area contributed by atoms with E-state index in [0.29, 0.717) is 18.4 Å². The first kappa shape index (κ1) is 14.2. The third kappa shape index (κ3) is 6.47. The van der Waals surface area contributed by atoms with Gasteiger partial charge in [-0.05, 0) is 54.5 Å². The van der Waals surface area contributed by atoms with Crippen LogP contribution in [0.1, 0.15) is 45.6 Å². The molecule has 1 aromatic rings. The van der Waals surface area contributed by atoms with Gasteiger partial charge in [-0.2, -0.15) is 11.3 Å². The maximum Gasteiger partial charge on any atom is 0.220 e. The first-order valence-electron chi connectivity index (χ1n) is 6.38. The van der Waals surface area contributed by atoms with Crippen molar-refractivity contribution in [2.45, 2.75) is 52.5 Å². The fourth-order valence-electron chi connectivity index (χ4n) is 1.70. The van der Waals surface area contributed by atoms with E-state index in [4.69, 9.17) is 0 Å². The number of carbonyl (C=O) groups excluding carboxylic acids is 1. The molecule has 0 aromatic carbocycles. The molecule has 1 amide bonds. The van der Waals surface area contributed by atoms with E-state index in [1.54, 1.807) is 11.3 Å². The van der Waals surface area contributed by atoms with E-state index >= 15 is 0 Å². The quantitative estimate of drug-likeness (QED) is 0.790. The smallest absolute Gasteiger partial charge is 0.220 e. The topological polar surface area (TPSA) is 29.1 Å².